The summed E-state index contributed by atoms with van der Waals surface area (Å²) in [5.74, 6) is 0.872. The van der Waals surface area contributed by atoms with Crippen LogP contribution in [0.3, 0.4) is 0 Å². The van der Waals surface area contributed by atoms with E-state index in [0.29, 0.717) is 0 Å². The molecule has 0 radical (unpaired) electrons. The number of likely N-dealkylation sites (N-methyl/N-ethyl adjacent to an activating group) is 1. The second-order valence-electron chi connectivity index (χ2n) is 6.13. The van der Waals surface area contributed by atoms with Gasteiger partial charge >= 0.3 is 0 Å². The predicted octanol–water partition coefficient (Wildman–Crippen LogP) is 5.47. The van der Waals surface area contributed by atoms with Crippen LogP contribution in [0.25, 0.3) is 0 Å². The molecule has 3 aromatic rings. The average Bonchev–Trinajstić information content (AvgIpc) is 3.28. The number of hydrogen-bond acceptors (Lipinski definition) is 4. The molecule has 0 aliphatic carbocycles. The number of pyridine rings is 1. The summed E-state index contributed by atoms with van der Waals surface area (Å²) in [5, 5.41) is 5.68. The van der Waals surface area contributed by atoms with E-state index >= 15 is 0 Å². The maximum atomic E-state index is 6.19. The molecular weight excluding hydrogens is 398 g/mol. The SMILES string of the molecule is CCN1C(=S)N[C@@H](c2ccccn2)[C@@H]1c1ccc(Sc2ccc(Cl)cc2)o1. The van der Waals surface area contributed by atoms with Gasteiger partial charge in [0.05, 0.1) is 11.7 Å². The van der Waals surface area contributed by atoms with Crippen LogP contribution in [0.5, 0.6) is 0 Å². The van der Waals surface area contributed by atoms with E-state index in [-0.39, 0.29) is 12.1 Å². The van der Waals surface area contributed by atoms with E-state index in [9.17, 15) is 0 Å². The minimum absolute atomic E-state index is 0.0306. The summed E-state index contributed by atoms with van der Waals surface area (Å²) in [4.78, 5) is 7.74. The van der Waals surface area contributed by atoms with Crippen molar-refractivity contribution in [3.8, 4) is 0 Å². The van der Waals surface area contributed by atoms with E-state index < -0.39 is 0 Å². The molecule has 1 saturated heterocycles. The number of thiocarbonyl (C=S) groups is 1. The van der Waals surface area contributed by atoms with Crippen LogP contribution in [0.15, 0.2) is 75.2 Å². The molecular formula is C20H18ClN3OS2. The van der Waals surface area contributed by atoms with Gasteiger partial charge in [0.1, 0.15) is 11.8 Å². The average molecular weight is 416 g/mol. The highest BCUT2D eigenvalue weighted by molar-refractivity contribution is 7.99. The largest absolute Gasteiger partial charge is 0.452 e. The molecule has 1 aliphatic rings. The Morgan fingerprint density at radius 3 is 2.70 bits per heavy atom. The van der Waals surface area contributed by atoms with Gasteiger partial charge in [-0.2, -0.15) is 0 Å². The Morgan fingerprint density at radius 1 is 1.19 bits per heavy atom. The number of furan rings is 1. The van der Waals surface area contributed by atoms with Crippen molar-refractivity contribution in [2.75, 3.05) is 6.54 Å². The third-order valence-electron chi connectivity index (χ3n) is 4.46. The Morgan fingerprint density at radius 2 is 2.00 bits per heavy atom. The summed E-state index contributed by atoms with van der Waals surface area (Å²) in [7, 11) is 0. The topological polar surface area (TPSA) is 41.3 Å². The molecule has 7 heteroatoms. The fourth-order valence-electron chi connectivity index (χ4n) is 3.22. The Labute approximate surface area is 172 Å². The third-order valence-corrected chi connectivity index (χ3v) is 6.00. The van der Waals surface area contributed by atoms with Gasteiger partial charge in [-0.25, -0.2) is 0 Å². The van der Waals surface area contributed by atoms with Gasteiger partial charge in [0.2, 0.25) is 0 Å². The van der Waals surface area contributed by atoms with Crippen LogP contribution in [0.2, 0.25) is 5.02 Å². The molecule has 0 unspecified atom stereocenters. The number of benzene rings is 1. The number of halogens is 1. The van der Waals surface area contributed by atoms with Crippen molar-refractivity contribution in [2.45, 2.75) is 29.0 Å². The zero-order valence-electron chi connectivity index (χ0n) is 14.6. The first-order valence-corrected chi connectivity index (χ1v) is 10.3. The summed E-state index contributed by atoms with van der Waals surface area (Å²) in [6.45, 7) is 2.88. The van der Waals surface area contributed by atoms with Gasteiger partial charge in [-0.1, -0.05) is 29.4 Å². The van der Waals surface area contributed by atoms with Crippen molar-refractivity contribution in [3.05, 3.63) is 77.3 Å². The first-order valence-electron chi connectivity index (χ1n) is 8.67. The molecule has 0 amide bonds. The minimum atomic E-state index is -0.0434. The maximum absolute atomic E-state index is 6.19. The van der Waals surface area contributed by atoms with Gasteiger partial charge in [-0.15, -0.1) is 0 Å². The molecule has 27 heavy (non-hydrogen) atoms. The van der Waals surface area contributed by atoms with Gasteiger partial charge in [0, 0.05) is 22.7 Å². The maximum Gasteiger partial charge on any atom is 0.170 e. The fourth-order valence-corrected chi connectivity index (χ4v) is 4.50. The number of rotatable bonds is 5. The minimum Gasteiger partial charge on any atom is -0.452 e. The van der Waals surface area contributed by atoms with Crippen molar-refractivity contribution in [1.29, 1.82) is 0 Å². The van der Waals surface area contributed by atoms with Gasteiger partial charge in [-0.3, -0.25) is 4.98 Å². The van der Waals surface area contributed by atoms with Crippen molar-refractivity contribution in [1.82, 2.24) is 15.2 Å². The smallest absolute Gasteiger partial charge is 0.170 e. The zero-order chi connectivity index (χ0) is 18.8. The molecule has 1 fully saturated rings. The molecule has 0 bridgehead atoms. The van der Waals surface area contributed by atoms with E-state index in [1.165, 1.54) is 0 Å². The molecule has 0 spiro atoms. The fraction of sp³-hybridized carbons (Fsp3) is 0.200. The Kier molecular flexibility index (Phi) is 5.38. The Hall–Kier alpha value is -2.02. The molecule has 2 atom stereocenters. The monoisotopic (exact) mass is 415 g/mol. The molecule has 1 aromatic carbocycles. The standard InChI is InChI=1S/C20H18ClN3OS2/c1-2-24-19(18(23-20(24)26)15-5-3-4-12-22-15)16-10-11-17(25-16)27-14-8-6-13(21)7-9-14/h3-12,18-19H,2H2,1H3,(H,23,26)/t18-,19-/m0/s1. The van der Waals surface area contributed by atoms with E-state index in [2.05, 4.69) is 22.1 Å². The predicted molar refractivity (Wildman–Crippen MR) is 112 cm³/mol. The highest BCUT2D eigenvalue weighted by atomic mass is 35.5. The number of nitrogens with zero attached hydrogens (tertiary/aromatic N) is 2. The molecule has 4 rings (SSSR count). The van der Waals surface area contributed by atoms with Crippen molar-refractivity contribution in [2.24, 2.45) is 0 Å². The first-order chi connectivity index (χ1) is 13.2. The lowest BCUT2D eigenvalue weighted by Crippen LogP contribution is -2.29. The number of aromatic nitrogens is 1. The first kappa shape index (κ1) is 18.3. The highest BCUT2D eigenvalue weighted by Gasteiger charge is 2.40. The highest BCUT2D eigenvalue weighted by Crippen LogP contribution is 2.41. The van der Waals surface area contributed by atoms with Gasteiger partial charge in [0.15, 0.2) is 10.2 Å². The van der Waals surface area contributed by atoms with Crippen molar-refractivity contribution >= 4 is 40.7 Å². The van der Waals surface area contributed by atoms with Crippen LogP contribution < -0.4 is 5.32 Å². The normalized spacial score (nSPS) is 19.3. The Balaban J connectivity index is 1.62. The van der Waals surface area contributed by atoms with E-state index in [4.69, 9.17) is 28.2 Å². The van der Waals surface area contributed by atoms with Crippen LogP contribution in [0.1, 0.15) is 30.5 Å². The van der Waals surface area contributed by atoms with E-state index in [1.807, 2.05) is 54.6 Å². The lowest BCUT2D eigenvalue weighted by atomic mass is 10.0. The van der Waals surface area contributed by atoms with E-state index in [1.54, 1.807) is 18.0 Å². The van der Waals surface area contributed by atoms with Crippen molar-refractivity contribution in [3.63, 3.8) is 0 Å². The molecule has 3 heterocycles. The Bertz CT molecular complexity index is 930. The molecule has 0 saturated carbocycles. The lowest BCUT2D eigenvalue weighted by molar-refractivity contribution is 0.267. The summed E-state index contributed by atoms with van der Waals surface area (Å²) in [5.41, 5.74) is 0.948. The third kappa shape index (κ3) is 3.83. The van der Waals surface area contributed by atoms with Crippen molar-refractivity contribution < 1.29 is 4.42 Å². The number of hydrogen-bond donors (Lipinski definition) is 1. The van der Waals surface area contributed by atoms with Crippen LogP contribution in [0.4, 0.5) is 0 Å². The van der Waals surface area contributed by atoms with E-state index in [0.717, 1.165) is 38.1 Å². The van der Waals surface area contributed by atoms with Crippen LogP contribution in [0, 0.1) is 0 Å². The van der Waals surface area contributed by atoms with Crippen LogP contribution in [-0.4, -0.2) is 21.5 Å². The summed E-state index contributed by atoms with van der Waals surface area (Å²) in [6.07, 6.45) is 1.80. The van der Waals surface area contributed by atoms with Crippen LogP contribution >= 0.6 is 35.6 Å². The molecule has 138 valence electrons. The zero-order valence-corrected chi connectivity index (χ0v) is 17.0. The lowest BCUT2D eigenvalue weighted by Gasteiger charge is -2.24. The molecule has 1 N–H and O–H groups in total. The quantitative estimate of drug-likeness (QED) is 0.557. The molecule has 4 nitrogen and oxygen atoms in total. The summed E-state index contributed by atoms with van der Waals surface area (Å²) in [6, 6.07) is 17.6. The number of nitrogens with one attached hydrogen (secondary N) is 1. The second-order valence-corrected chi connectivity index (χ2v) is 8.03. The van der Waals surface area contributed by atoms with Gasteiger partial charge < -0.3 is 14.6 Å². The van der Waals surface area contributed by atoms with Gasteiger partial charge in [0.25, 0.3) is 0 Å². The second kappa shape index (κ2) is 7.92. The van der Waals surface area contributed by atoms with Gasteiger partial charge in [-0.05, 0) is 67.7 Å². The molecule has 1 aliphatic heterocycles. The summed E-state index contributed by atoms with van der Waals surface area (Å²) >= 11 is 13.1. The van der Waals surface area contributed by atoms with Crippen LogP contribution in [-0.2, 0) is 0 Å². The molecule has 2 aromatic heterocycles. The summed E-state index contributed by atoms with van der Waals surface area (Å²) < 4.78 is 6.19.